The van der Waals surface area contributed by atoms with Gasteiger partial charge in [-0.05, 0) is 42.3 Å². The molecule has 1 unspecified atom stereocenters. The highest BCUT2D eigenvalue weighted by atomic mass is 16.4. The van der Waals surface area contributed by atoms with E-state index < -0.39 is 12.0 Å². The van der Waals surface area contributed by atoms with E-state index >= 15 is 0 Å². The first-order valence-electron chi connectivity index (χ1n) is 6.35. The molecular formula is C15H15N3O3. The molecule has 1 atom stereocenters. The van der Waals surface area contributed by atoms with Gasteiger partial charge in [0.25, 0.3) is 0 Å². The Hall–Kier alpha value is -2.73. The second kappa shape index (κ2) is 6.62. The highest BCUT2D eigenvalue weighted by Crippen LogP contribution is 2.10. The van der Waals surface area contributed by atoms with Crippen molar-refractivity contribution in [3.8, 4) is 0 Å². The van der Waals surface area contributed by atoms with Crippen LogP contribution in [0.25, 0.3) is 0 Å². The number of amides is 1. The summed E-state index contributed by atoms with van der Waals surface area (Å²) in [7, 11) is 0. The van der Waals surface area contributed by atoms with Crippen LogP contribution in [0.2, 0.25) is 0 Å². The Bertz CT molecular complexity index is 626. The second-order valence-corrected chi connectivity index (χ2v) is 4.54. The van der Waals surface area contributed by atoms with E-state index in [9.17, 15) is 9.59 Å². The maximum absolute atomic E-state index is 12.0. The van der Waals surface area contributed by atoms with Gasteiger partial charge in [-0.3, -0.25) is 9.78 Å². The van der Waals surface area contributed by atoms with Crippen molar-refractivity contribution in [2.75, 3.05) is 5.32 Å². The normalized spacial score (nSPS) is 11.7. The fraction of sp³-hybridized carbons (Fsp3) is 0.133. The van der Waals surface area contributed by atoms with Crippen LogP contribution in [0.1, 0.15) is 15.9 Å². The van der Waals surface area contributed by atoms with Crippen LogP contribution in [0.4, 0.5) is 5.69 Å². The van der Waals surface area contributed by atoms with Crippen molar-refractivity contribution in [3.63, 3.8) is 0 Å². The highest BCUT2D eigenvalue weighted by Gasteiger charge is 2.14. The lowest BCUT2D eigenvalue weighted by Gasteiger charge is -2.12. The molecule has 108 valence electrons. The number of nitrogens with two attached hydrogens (primary N) is 1. The predicted octanol–water partition coefficient (Wildman–Crippen LogP) is 1.29. The number of nitrogens with one attached hydrogen (secondary N) is 1. The standard InChI is InChI=1S/C15H15N3O3/c16-13(8-10-2-1-7-17-9-10)14(19)18-12-5-3-11(4-6-12)15(20)21/h1-7,9,13H,8,16H2,(H,18,19)(H,20,21). The van der Waals surface area contributed by atoms with Crippen molar-refractivity contribution in [2.24, 2.45) is 5.73 Å². The van der Waals surface area contributed by atoms with Crippen LogP contribution in [-0.4, -0.2) is 28.0 Å². The number of carbonyl (C=O) groups excluding carboxylic acids is 1. The number of hydrogen-bond donors (Lipinski definition) is 3. The van der Waals surface area contributed by atoms with Crippen molar-refractivity contribution in [2.45, 2.75) is 12.5 Å². The Labute approximate surface area is 121 Å². The van der Waals surface area contributed by atoms with Crippen LogP contribution in [0.3, 0.4) is 0 Å². The van der Waals surface area contributed by atoms with Gasteiger partial charge in [0.1, 0.15) is 0 Å². The number of hydrogen-bond acceptors (Lipinski definition) is 4. The zero-order valence-electron chi connectivity index (χ0n) is 11.2. The maximum Gasteiger partial charge on any atom is 0.335 e. The molecule has 0 aliphatic carbocycles. The van der Waals surface area contributed by atoms with E-state index in [0.717, 1.165) is 5.56 Å². The van der Waals surface area contributed by atoms with Gasteiger partial charge in [0.05, 0.1) is 11.6 Å². The third kappa shape index (κ3) is 4.12. The molecule has 0 fully saturated rings. The van der Waals surface area contributed by atoms with Crippen LogP contribution >= 0.6 is 0 Å². The van der Waals surface area contributed by atoms with Crippen LogP contribution in [0.5, 0.6) is 0 Å². The Morgan fingerprint density at radius 3 is 2.52 bits per heavy atom. The first kappa shape index (κ1) is 14.7. The topological polar surface area (TPSA) is 105 Å². The van der Waals surface area contributed by atoms with Crippen LogP contribution in [0.15, 0.2) is 48.8 Å². The molecule has 6 nitrogen and oxygen atoms in total. The summed E-state index contributed by atoms with van der Waals surface area (Å²) in [5.41, 5.74) is 7.38. The third-order valence-corrected chi connectivity index (χ3v) is 2.91. The molecular weight excluding hydrogens is 270 g/mol. The molecule has 0 bridgehead atoms. The van der Waals surface area contributed by atoms with Crippen LogP contribution in [-0.2, 0) is 11.2 Å². The summed E-state index contributed by atoms with van der Waals surface area (Å²) in [5, 5.41) is 11.4. The van der Waals surface area contributed by atoms with E-state index in [4.69, 9.17) is 10.8 Å². The number of nitrogens with zero attached hydrogens (tertiary/aromatic N) is 1. The zero-order chi connectivity index (χ0) is 15.2. The fourth-order valence-electron chi connectivity index (χ4n) is 1.80. The lowest BCUT2D eigenvalue weighted by molar-refractivity contribution is -0.117. The van der Waals surface area contributed by atoms with Crippen molar-refractivity contribution in [1.29, 1.82) is 0 Å². The van der Waals surface area contributed by atoms with Crippen LogP contribution < -0.4 is 11.1 Å². The highest BCUT2D eigenvalue weighted by molar-refractivity contribution is 5.95. The Morgan fingerprint density at radius 2 is 1.95 bits per heavy atom. The summed E-state index contributed by atoms with van der Waals surface area (Å²) >= 11 is 0. The Morgan fingerprint density at radius 1 is 1.24 bits per heavy atom. The molecule has 0 saturated carbocycles. The number of aromatic carboxylic acids is 1. The van der Waals surface area contributed by atoms with Gasteiger partial charge in [-0.25, -0.2) is 4.79 Å². The molecule has 1 aromatic carbocycles. The van der Waals surface area contributed by atoms with Crippen molar-refractivity contribution in [3.05, 3.63) is 59.9 Å². The Kier molecular flexibility index (Phi) is 4.63. The quantitative estimate of drug-likeness (QED) is 0.767. The van der Waals surface area contributed by atoms with E-state index in [-0.39, 0.29) is 11.5 Å². The van der Waals surface area contributed by atoms with Gasteiger partial charge < -0.3 is 16.2 Å². The SMILES string of the molecule is NC(Cc1cccnc1)C(=O)Nc1ccc(C(=O)O)cc1. The molecule has 1 heterocycles. The predicted molar refractivity (Wildman–Crippen MR) is 77.9 cm³/mol. The number of pyridine rings is 1. The number of carbonyl (C=O) groups is 2. The molecule has 0 radical (unpaired) electrons. The summed E-state index contributed by atoms with van der Waals surface area (Å²) < 4.78 is 0. The minimum Gasteiger partial charge on any atom is -0.478 e. The number of carboxylic acids is 1. The smallest absolute Gasteiger partial charge is 0.335 e. The largest absolute Gasteiger partial charge is 0.478 e. The molecule has 1 amide bonds. The number of aromatic nitrogens is 1. The third-order valence-electron chi connectivity index (χ3n) is 2.91. The molecule has 0 saturated heterocycles. The van der Waals surface area contributed by atoms with Crippen molar-refractivity contribution >= 4 is 17.6 Å². The number of carboxylic acid groups (broad SMARTS) is 1. The molecule has 2 rings (SSSR count). The summed E-state index contributed by atoms with van der Waals surface area (Å²) in [6, 6.07) is 8.83. The molecule has 2 aromatic rings. The van der Waals surface area contributed by atoms with Gasteiger partial charge in [0, 0.05) is 18.1 Å². The van der Waals surface area contributed by atoms with E-state index in [1.807, 2.05) is 6.07 Å². The average molecular weight is 285 g/mol. The van der Waals surface area contributed by atoms with Gasteiger partial charge in [-0.1, -0.05) is 6.07 Å². The average Bonchev–Trinajstić information content (AvgIpc) is 2.48. The van der Waals surface area contributed by atoms with Gasteiger partial charge >= 0.3 is 5.97 Å². The molecule has 4 N–H and O–H groups in total. The van der Waals surface area contributed by atoms with Gasteiger partial charge in [-0.15, -0.1) is 0 Å². The number of benzene rings is 1. The second-order valence-electron chi connectivity index (χ2n) is 4.54. The van der Waals surface area contributed by atoms with Gasteiger partial charge in [0.15, 0.2) is 0 Å². The summed E-state index contributed by atoms with van der Waals surface area (Å²) in [4.78, 5) is 26.7. The zero-order valence-corrected chi connectivity index (χ0v) is 11.2. The van der Waals surface area contributed by atoms with Crippen molar-refractivity contribution in [1.82, 2.24) is 4.98 Å². The molecule has 21 heavy (non-hydrogen) atoms. The fourth-order valence-corrected chi connectivity index (χ4v) is 1.80. The van der Waals surface area contributed by atoms with Crippen LogP contribution in [0, 0.1) is 0 Å². The summed E-state index contributed by atoms with van der Waals surface area (Å²) in [5.74, 6) is -1.34. The first-order chi connectivity index (χ1) is 10.1. The number of anilines is 1. The molecule has 0 aliphatic rings. The molecule has 0 aliphatic heterocycles. The maximum atomic E-state index is 12.0. The lowest BCUT2D eigenvalue weighted by atomic mass is 10.1. The van der Waals surface area contributed by atoms with Gasteiger partial charge in [-0.2, -0.15) is 0 Å². The van der Waals surface area contributed by atoms with Gasteiger partial charge in [0.2, 0.25) is 5.91 Å². The molecule has 0 spiro atoms. The molecule has 6 heteroatoms. The monoisotopic (exact) mass is 285 g/mol. The first-order valence-corrected chi connectivity index (χ1v) is 6.35. The van der Waals surface area contributed by atoms with E-state index in [1.165, 1.54) is 24.3 Å². The van der Waals surface area contributed by atoms with E-state index in [0.29, 0.717) is 12.1 Å². The molecule has 1 aromatic heterocycles. The summed E-state index contributed by atoms with van der Waals surface area (Å²) in [6.07, 6.45) is 3.70. The minimum atomic E-state index is -1.01. The van der Waals surface area contributed by atoms with E-state index in [2.05, 4.69) is 10.3 Å². The van der Waals surface area contributed by atoms with Crippen molar-refractivity contribution < 1.29 is 14.7 Å². The number of rotatable bonds is 5. The Balaban J connectivity index is 1.95. The van der Waals surface area contributed by atoms with E-state index in [1.54, 1.807) is 18.5 Å². The lowest BCUT2D eigenvalue weighted by Crippen LogP contribution is -2.37. The summed E-state index contributed by atoms with van der Waals surface area (Å²) in [6.45, 7) is 0. The minimum absolute atomic E-state index is 0.160.